The molecule has 4 heteroatoms. The van der Waals surface area contributed by atoms with Crippen LogP contribution in [0.15, 0.2) is 0 Å². The van der Waals surface area contributed by atoms with Gasteiger partial charge in [0.2, 0.25) is 0 Å². The zero-order valence-electron chi connectivity index (χ0n) is 11.8. The van der Waals surface area contributed by atoms with E-state index in [1.165, 1.54) is 62.2 Å². The SMILES string of the molecule is NC(CSC1CCCC1)C1CCOC2(CCSC2)C1. The fourth-order valence-electron chi connectivity index (χ4n) is 3.73. The molecule has 2 aliphatic heterocycles. The lowest BCUT2D eigenvalue weighted by Gasteiger charge is -2.40. The van der Waals surface area contributed by atoms with Crippen LogP contribution >= 0.6 is 23.5 Å². The first kappa shape index (κ1) is 14.6. The molecule has 3 aliphatic rings. The number of thioether (sulfide) groups is 2. The topological polar surface area (TPSA) is 35.2 Å². The van der Waals surface area contributed by atoms with Gasteiger partial charge in [-0.15, -0.1) is 0 Å². The molecule has 1 saturated carbocycles. The predicted octanol–water partition coefficient (Wildman–Crippen LogP) is 3.29. The van der Waals surface area contributed by atoms with Crippen molar-refractivity contribution in [3.63, 3.8) is 0 Å². The van der Waals surface area contributed by atoms with Crippen LogP contribution in [-0.2, 0) is 4.74 Å². The van der Waals surface area contributed by atoms with Crippen LogP contribution in [0.1, 0.15) is 44.9 Å². The molecule has 1 spiro atoms. The Labute approximate surface area is 126 Å². The smallest absolute Gasteiger partial charge is 0.0783 e. The van der Waals surface area contributed by atoms with Crippen LogP contribution in [0.25, 0.3) is 0 Å². The summed E-state index contributed by atoms with van der Waals surface area (Å²) in [6.45, 7) is 0.938. The Balaban J connectivity index is 1.47. The third-order valence-electron chi connectivity index (χ3n) is 5.03. The quantitative estimate of drug-likeness (QED) is 0.864. The fraction of sp³-hybridized carbons (Fsp3) is 1.00. The van der Waals surface area contributed by atoms with Gasteiger partial charge in [-0.3, -0.25) is 0 Å². The van der Waals surface area contributed by atoms with E-state index in [1.54, 1.807) is 0 Å². The molecule has 3 atom stereocenters. The summed E-state index contributed by atoms with van der Waals surface area (Å²) in [5.41, 5.74) is 6.69. The van der Waals surface area contributed by atoms with Gasteiger partial charge in [-0.05, 0) is 43.8 Å². The van der Waals surface area contributed by atoms with E-state index in [9.17, 15) is 0 Å². The molecule has 2 nitrogen and oxygen atoms in total. The second kappa shape index (κ2) is 6.59. The maximum Gasteiger partial charge on any atom is 0.0783 e. The summed E-state index contributed by atoms with van der Waals surface area (Å²) < 4.78 is 6.10. The number of hydrogen-bond acceptors (Lipinski definition) is 4. The fourth-order valence-corrected chi connectivity index (χ4v) is 6.54. The average molecular weight is 302 g/mol. The van der Waals surface area contributed by atoms with E-state index in [1.807, 2.05) is 0 Å². The zero-order valence-corrected chi connectivity index (χ0v) is 13.4. The lowest BCUT2D eigenvalue weighted by Crippen LogP contribution is -2.46. The van der Waals surface area contributed by atoms with Gasteiger partial charge in [-0.1, -0.05) is 12.8 Å². The Bertz CT molecular complexity index is 288. The molecule has 0 radical (unpaired) electrons. The molecule has 110 valence electrons. The molecule has 3 fully saturated rings. The van der Waals surface area contributed by atoms with Gasteiger partial charge in [0, 0.05) is 29.4 Å². The van der Waals surface area contributed by atoms with Gasteiger partial charge < -0.3 is 10.5 Å². The first-order valence-corrected chi connectivity index (χ1v) is 10.1. The Kier molecular flexibility index (Phi) is 5.05. The summed E-state index contributed by atoms with van der Waals surface area (Å²) in [6.07, 6.45) is 9.36. The summed E-state index contributed by atoms with van der Waals surface area (Å²) in [5, 5.41) is 0.905. The van der Waals surface area contributed by atoms with E-state index < -0.39 is 0 Å². The van der Waals surface area contributed by atoms with Crippen LogP contribution in [0, 0.1) is 5.92 Å². The summed E-state index contributed by atoms with van der Waals surface area (Å²) in [7, 11) is 0. The molecule has 3 unspecified atom stereocenters. The zero-order chi connectivity index (χ0) is 13.1. The van der Waals surface area contributed by atoms with E-state index in [4.69, 9.17) is 10.5 Å². The highest BCUT2D eigenvalue weighted by Crippen LogP contribution is 2.41. The Morgan fingerprint density at radius 3 is 2.89 bits per heavy atom. The maximum atomic E-state index is 6.49. The summed E-state index contributed by atoms with van der Waals surface area (Å²) in [4.78, 5) is 0. The van der Waals surface area contributed by atoms with Gasteiger partial charge in [0.05, 0.1) is 5.60 Å². The second-order valence-electron chi connectivity index (χ2n) is 6.49. The maximum absolute atomic E-state index is 6.49. The van der Waals surface area contributed by atoms with E-state index in [0.29, 0.717) is 12.0 Å². The molecule has 0 aromatic carbocycles. The van der Waals surface area contributed by atoms with E-state index in [2.05, 4.69) is 23.5 Å². The van der Waals surface area contributed by atoms with E-state index >= 15 is 0 Å². The first-order valence-electron chi connectivity index (χ1n) is 7.86. The molecule has 2 heterocycles. The molecule has 19 heavy (non-hydrogen) atoms. The number of ether oxygens (including phenoxy) is 1. The van der Waals surface area contributed by atoms with Crippen LogP contribution in [0.2, 0.25) is 0 Å². The van der Waals surface area contributed by atoms with Crippen molar-refractivity contribution in [2.24, 2.45) is 11.7 Å². The number of hydrogen-bond donors (Lipinski definition) is 1. The highest BCUT2D eigenvalue weighted by molar-refractivity contribution is 8.00. The minimum Gasteiger partial charge on any atom is -0.374 e. The van der Waals surface area contributed by atoms with Crippen LogP contribution in [0.4, 0.5) is 0 Å². The van der Waals surface area contributed by atoms with Crippen LogP contribution in [-0.4, -0.2) is 40.8 Å². The van der Waals surface area contributed by atoms with Crippen molar-refractivity contribution < 1.29 is 4.74 Å². The standard InChI is InChI=1S/C15H27NOS2/c16-14(10-19-13-3-1-2-4-13)12-5-7-17-15(9-12)6-8-18-11-15/h12-14H,1-11,16H2. The molecule has 3 rings (SSSR count). The predicted molar refractivity (Wildman–Crippen MR) is 86.0 cm³/mol. The monoisotopic (exact) mass is 301 g/mol. The van der Waals surface area contributed by atoms with Gasteiger partial charge in [0.25, 0.3) is 0 Å². The average Bonchev–Trinajstić information content (AvgIpc) is 3.08. The Morgan fingerprint density at radius 2 is 2.16 bits per heavy atom. The second-order valence-corrected chi connectivity index (χ2v) is 8.93. The van der Waals surface area contributed by atoms with Crippen molar-refractivity contribution in [2.75, 3.05) is 23.9 Å². The van der Waals surface area contributed by atoms with Crippen molar-refractivity contribution in [2.45, 2.75) is 61.8 Å². The number of nitrogens with two attached hydrogens (primary N) is 1. The van der Waals surface area contributed by atoms with Crippen molar-refractivity contribution in [3.05, 3.63) is 0 Å². The van der Waals surface area contributed by atoms with E-state index in [0.717, 1.165) is 11.9 Å². The molecule has 2 N–H and O–H groups in total. The lowest BCUT2D eigenvalue weighted by molar-refractivity contribution is -0.0820. The Hall–Kier alpha value is 0.620. The largest absolute Gasteiger partial charge is 0.374 e. The minimum atomic E-state index is 0.198. The molecule has 0 aromatic heterocycles. The van der Waals surface area contributed by atoms with Crippen molar-refractivity contribution in [1.29, 1.82) is 0 Å². The normalized spacial score (nSPS) is 38.1. The van der Waals surface area contributed by atoms with Gasteiger partial charge in [-0.25, -0.2) is 0 Å². The van der Waals surface area contributed by atoms with Crippen LogP contribution in [0.5, 0.6) is 0 Å². The van der Waals surface area contributed by atoms with Gasteiger partial charge >= 0.3 is 0 Å². The summed E-state index contributed by atoms with van der Waals surface area (Å²) in [5.74, 6) is 4.34. The molecular weight excluding hydrogens is 274 g/mol. The highest BCUT2D eigenvalue weighted by atomic mass is 32.2. The molecular formula is C15H27NOS2. The van der Waals surface area contributed by atoms with Gasteiger partial charge in [-0.2, -0.15) is 23.5 Å². The lowest BCUT2D eigenvalue weighted by atomic mass is 9.82. The van der Waals surface area contributed by atoms with Crippen molar-refractivity contribution >= 4 is 23.5 Å². The third kappa shape index (κ3) is 3.63. The Morgan fingerprint density at radius 1 is 1.32 bits per heavy atom. The molecule has 2 saturated heterocycles. The van der Waals surface area contributed by atoms with Gasteiger partial charge in [0.15, 0.2) is 0 Å². The molecule has 0 bridgehead atoms. The third-order valence-corrected chi connectivity index (χ3v) is 7.77. The molecule has 0 amide bonds. The highest BCUT2D eigenvalue weighted by Gasteiger charge is 2.41. The van der Waals surface area contributed by atoms with Crippen LogP contribution < -0.4 is 5.73 Å². The minimum absolute atomic E-state index is 0.198. The van der Waals surface area contributed by atoms with Crippen molar-refractivity contribution in [3.8, 4) is 0 Å². The molecule has 1 aliphatic carbocycles. The summed E-state index contributed by atoms with van der Waals surface area (Å²) in [6, 6.07) is 0.386. The summed E-state index contributed by atoms with van der Waals surface area (Å²) >= 11 is 4.20. The van der Waals surface area contributed by atoms with Crippen molar-refractivity contribution in [1.82, 2.24) is 0 Å². The molecule has 0 aromatic rings. The number of rotatable bonds is 4. The van der Waals surface area contributed by atoms with Crippen LogP contribution in [0.3, 0.4) is 0 Å². The van der Waals surface area contributed by atoms with E-state index in [-0.39, 0.29) is 5.60 Å². The first-order chi connectivity index (χ1) is 9.27. The van der Waals surface area contributed by atoms with Gasteiger partial charge in [0.1, 0.15) is 0 Å².